The van der Waals surface area contributed by atoms with Gasteiger partial charge in [-0.25, -0.2) is 0 Å². The first-order chi connectivity index (χ1) is 20.2. The Labute approximate surface area is 251 Å². The number of nitrogens with zero attached hydrogens (tertiary/aromatic N) is 3. The van der Waals surface area contributed by atoms with Gasteiger partial charge in [-0.05, 0) is 69.9 Å². The van der Waals surface area contributed by atoms with Crippen molar-refractivity contribution in [2.75, 3.05) is 37.7 Å². The van der Waals surface area contributed by atoms with Crippen molar-refractivity contribution >= 4 is 23.4 Å². The van der Waals surface area contributed by atoms with Gasteiger partial charge in [-0.1, -0.05) is 44.2 Å². The molecule has 0 aliphatic carbocycles. The van der Waals surface area contributed by atoms with E-state index in [-0.39, 0.29) is 24.3 Å². The van der Waals surface area contributed by atoms with Gasteiger partial charge in [-0.15, -0.1) is 13.2 Å². The summed E-state index contributed by atoms with van der Waals surface area (Å²) in [6, 6.07) is 5.09. The molecule has 3 aliphatic heterocycles. The van der Waals surface area contributed by atoms with E-state index in [1.54, 1.807) is 26.9 Å². The third-order valence-corrected chi connectivity index (χ3v) is 9.68. The summed E-state index contributed by atoms with van der Waals surface area (Å²) in [6.45, 7) is 17.5. The second kappa shape index (κ2) is 13.1. The first-order valence-corrected chi connectivity index (χ1v) is 15.7. The first kappa shape index (κ1) is 32.0. The molecule has 1 aromatic carbocycles. The minimum Gasteiger partial charge on any atom is -0.396 e. The summed E-state index contributed by atoms with van der Waals surface area (Å²) in [5.74, 6) is -1.81. The largest absolute Gasteiger partial charge is 0.396 e. The number of hydrogen-bond acceptors (Lipinski definition) is 5. The van der Waals surface area contributed by atoms with Crippen molar-refractivity contribution < 1.29 is 24.2 Å². The number of aliphatic hydroxyl groups is 1. The Morgan fingerprint density at radius 2 is 1.76 bits per heavy atom. The monoisotopic (exact) mass is 579 g/mol. The van der Waals surface area contributed by atoms with E-state index in [2.05, 4.69) is 13.2 Å². The molecule has 5 atom stereocenters. The molecule has 3 amide bonds. The lowest BCUT2D eigenvalue weighted by molar-refractivity contribution is -0.151. The summed E-state index contributed by atoms with van der Waals surface area (Å²) in [6.07, 6.45) is 8.02. The molecular formula is C34H49N3O5. The van der Waals surface area contributed by atoms with Gasteiger partial charge in [0, 0.05) is 38.5 Å². The Kier molecular flexibility index (Phi) is 9.99. The van der Waals surface area contributed by atoms with Crippen LogP contribution in [0, 0.1) is 25.7 Å². The molecule has 42 heavy (non-hydrogen) atoms. The zero-order valence-electron chi connectivity index (χ0n) is 25.9. The molecular weight excluding hydrogens is 530 g/mol. The number of aryl methyl sites for hydroxylation is 2. The Morgan fingerprint density at radius 1 is 1.07 bits per heavy atom. The van der Waals surface area contributed by atoms with Crippen LogP contribution in [0.5, 0.6) is 0 Å². The summed E-state index contributed by atoms with van der Waals surface area (Å²) >= 11 is 0. The molecule has 2 unspecified atom stereocenters. The van der Waals surface area contributed by atoms with Crippen LogP contribution in [0.1, 0.15) is 69.9 Å². The number of anilines is 1. The molecule has 4 rings (SSSR count). The standard InChI is InChI=1S/C34H49N3O5/c1-7-19-35(20-8-2)30(39)26-27-31(40)37(22-12-11-13-23-38)29(34(27)18-17-33(26,10-4)42-34)32(41)36(21-9-3)28-24(5)15-14-16-25(28)6/h7,9,14-16,26-27,29,38H,1,3,8,10-13,17-23H2,2,4-6H3/t26-,27+,29?,33+,34?/m1/s1. The van der Waals surface area contributed by atoms with E-state index in [1.807, 2.05) is 45.9 Å². The van der Waals surface area contributed by atoms with Crippen LogP contribution in [0.4, 0.5) is 5.69 Å². The average molecular weight is 580 g/mol. The van der Waals surface area contributed by atoms with Crippen LogP contribution in [-0.4, -0.2) is 82.7 Å². The Bertz CT molecular complexity index is 1180. The molecule has 230 valence electrons. The van der Waals surface area contributed by atoms with Crippen molar-refractivity contribution in [1.82, 2.24) is 9.80 Å². The fourth-order valence-electron chi connectivity index (χ4n) is 7.90. The predicted molar refractivity (Wildman–Crippen MR) is 165 cm³/mol. The fraction of sp³-hybridized carbons (Fsp3) is 0.618. The number of aliphatic hydroxyl groups excluding tert-OH is 1. The maximum atomic E-state index is 14.9. The van der Waals surface area contributed by atoms with Gasteiger partial charge in [0.2, 0.25) is 11.8 Å². The van der Waals surface area contributed by atoms with Crippen molar-refractivity contribution in [3.05, 3.63) is 54.6 Å². The highest BCUT2D eigenvalue weighted by atomic mass is 16.5. The molecule has 3 aliphatic rings. The number of rotatable bonds is 15. The topological polar surface area (TPSA) is 90.4 Å². The molecule has 1 N–H and O–H groups in total. The molecule has 3 heterocycles. The normalized spacial score (nSPS) is 27.7. The fourth-order valence-corrected chi connectivity index (χ4v) is 7.90. The number of carbonyl (C=O) groups excluding carboxylic acids is 3. The summed E-state index contributed by atoms with van der Waals surface area (Å²) in [7, 11) is 0. The summed E-state index contributed by atoms with van der Waals surface area (Å²) in [5, 5.41) is 9.35. The van der Waals surface area contributed by atoms with Gasteiger partial charge in [0.1, 0.15) is 11.6 Å². The molecule has 0 saturated carbocycles. The highest BCUT2D eigenvalue weighted by Gasteiger charge is 2.79. The number of hydrogen-bond donors (Lipinski definition) is 1. The van der Waals surface area contributed by atoms with E-state index in [4.69, 9.17) is 4.74 Å². The third kappa shape index (κ3) is 5.21. The molecule has 2 bridgehead atoms. The Morgan fingerprint density at radius 3 is 2.36 bits per heavy atom. The zero-order chi connectivity index (χ0) is 30.7. The maximum Gasteiger partial charge on any atom is 0.253 e. The molecule has 8 heteroatoms. The quantitative estimate of drug-likeness (QED) is 0.243. The number of para-hydroxylation sites is 1. The number of ether oxygens (including phenoxy) is 1. The Hall–Kier alpha value is -2.97. The summed E-state index contributed by atoms with van der Waals surface area (Å²) in [4.78, 5) is 48.9. The van der Waals surface area contributed by atoms with Gasteiger partial charge in [-0.2, -0.15) is 0 Å². The lowest BCUT2D eigenvalue weighted by atomic mass is 9.64. The van der Waals surface area contributed by atoms with Crippen molar-refractivity contribution in [1.29, 1.82) is 0 Å². The number of likely N-dealkylation sites (tertiary alicyclic amines) is 1. The van der Waals surface area contributed by atoms with Gasteiger partial charge < -0.3 is 24.5 Å². The van der Waals surface area contributed by atoms with E-state index >= 15 is 0 Å². The van der Waals surface area contributed by atoms with Crippen LogP contribution >= 0.6 is 0 Å². The van der Waals surface area contributed by atoms with Gasteiger partial charge in [-0.3, -0.25) is 14.4 Å². The molecule has 1 spiro atoms. The molecule has 0 radical (unpaired) electrons. The summed E-state index contributed by atoms with van der Waals surface area (Å²) < 4.78 is 7.00. The van der Waals surface area contributed by atoms with Gasteiger partial charge >= 0.3 is 0 Å². The van der Waals surface area contributed by atoms with Crippen LogP contribution in [0.2, 0.25) is 0 Å². The number of fused-ring (bicyclic) bond motifs is 1. The third-order valence-electron chi connectivity index (χ3n) is 9.68. The van der Waals surface area contributed by atoms with E-state index < -0.39 is 29.1 Å². The zero-order valence-corrected chi connectivity index (χ0v) is 25.9. The second-order valence-corrected chi connectivity index (χ2v) is 12.2. The van der Waals surface area contributed by atoms with Gasteiger partial charge in [0.15, 0.2) is 0 Å². The highest BCUT2D eigenvalue weighted by molar-refractivity contribution is 6.05. The minimum atomic E-state index is -1.08. The van der Waals surface area contributed by atoms with Crippen molar-refractivity contribution in [3.8, 4) is 0 Å². The lowest BCUT2D eigenvalue weighted by Gasteiger charge is -2.37. The van der Waals surface area contributed by atoms with Crippen molar-refractivity contribution in [2.24, 2.45) is 11.8 Å². The van der Waals surface area contributed by atoms with E-state index in [9.17, 15) is 19.5 Å². The van der Waals surface area contributed by atoms with Crippen LogP contribution < -0.4 is 4.90 Å². The van der Waals surface area contributed by atoms with E-state index in [0.29, 0.717) is 58.3 Å². The van der Waals surface area contributed by atoms with Gasteiger partial charge in [0.05, 0.1) is 17.4 Å². The average Bonchev–Trinajstić information content (AvgIpc) is 3.57. The molecule has 3 saturated heterocycles. The van der Waals surface area contributed by atoms with E-state index in [1.165, 1.54) is 0 Å². The number of amides is 3. The number of benzene rings is 1. The second-order valence-electron chi connectivity index (χ2n) is 12.2. The van der Waals surface area contributed by atoms with Gasteiger partial charge in [0.25, 0.3) is 5.91 Å². The van der Waals surface area contributed by atoms with Crippen LogP contribution in [-0.2, 0) is 19.1 Å². The van der Waals surface area contributed by atoms with Crippen LogP contribution in [0.3, 0.4) is 0 Å². The molecule has 1 aromatic rings. The highest BCUT2D eigenvalue weighted by Crippen LogP contribution is 2.64. The smallest absolute Gasteiger partial charge is 0.253 e. The minimum absolute atomic E-state index is 0.0791. The Balaban J connectivity index is 1.83. The predicted octanol–water partition coefficient (Wildman–Crippen LogP) is 4.56. The van der Waals surface area contributed by atoms with Crippen LogP contribution in [0.15, 0.2) is 43.5 Å². The maximum absolute atomic E-state index is 14.9. The van der Waals surface area contributed by atoms with Crippen molar-refractivity contribution in [2.45, 2.75) is 89.9 Å². The van der Waals surface area contributed by atoms with E-state index in [0.717, 1.165) is 29.7 Å². The lowest BCUT2D eigenvalue weighted by Crippen LogP contribution is -2.57. The number of carbonyl (C=O) groups is 3. The SMILES string of the molecule is C=CCN(CCC)C(=O)[C@H]1[C@H]2C(=O)N(CCCCCO)C(C(=O)N(CC=C)c3c(C)cccc3C)C23CC[C@]1(CC)O3. The number of unbranched alkanes of at least 4 members (excludes halogenated alkanes) is 2. The summed E-state index contributed by atoms with van der Waals surface area (Å²) in [5.41, 5.74) is 0.887. The first-order valence-electron chi connectivity index (χ1n) is 15.7. The molecule has 0 aromatic heterocycles. The molecule has 3 fully saturated rings. The van der Waals surface area contributed by atoms with Crippen molar-refractivity contribution in [3.63, 3.8) is 0 Å². The molecule has 8 nitrogen and oxygen atoms in total. The van der Waals surface area contributed by atoms with Crippen LogP contribution in [0.25, 0.3) is 0 Å².